The van der Waals surface area contributed by atoms with E-state index in [-0.39, 0.29) is 6.04 Å². The van der Waals surface area contributed by atoms with Crippen LogP contribution in [0.25, 0.3) is 5.69 Å². The van der Waals surface area contributed by atoms with Crippen molar-refractivity contribution in [3.05, 3.63) is 35.4 Å². The number of halogens is 1. The van der Waals surface area contributed by atoms with Crippen molar-refractivity contribution < 1.29 is 5.11 Å². The van der Waals surface area contributed by atoms with Crippen molar-refractivity contribution in [1.82, 2.24) is 14.8 Å². The number of rotatable bonds is 7. The minimum Gasteiger partial charge on any atom is -0.385 e. The van der Waals surface area contributed by atoms with Crippen molar-refractivity contribution in [2.45, 2.75) is 58.6 Å². The molecule has 5 nitrogen and oxygen atoms in total. The fraction of sp³-hybridized carbons (Fsp3) is 0.529. The summed E-state index contributed by atoms with van der Waals surface area (Å²) in [6.45, 7) is 8.06. The van der Waals surface area contributed by atoms with Gasteiger partial charge < -0.3 is 10.4 Å². The molecule has 0 fully saturated rings. The number of unbranched alkanes of at least 4 members (excludes halogenated alkanes) is 1. The van der Waals surface area contributed by atoms with Crippen LogP contribution in [0.4, 0.5) is 5.69 Å². The average molecular weight is 337 g/mol. The maximum Gasteiger partial charge on any atom is 0.131 e. The van der Waals surface area contributed by atoms with Gasteiger partial charge in [0.2, 0.25) is 0 Å². The molecule has 0 radical (unpaired) electrons. The SMILES string of the molecule is CCCCC(C)(O)c1cnn(-c2cnc(Cl)cc2NC(C)C)c1. The molecule has 0 saturated carbocycles. The first-order chi connectivity index (χ1) is 10.8. The van der Waals surface area contributed by atoms with Gasteiger partial charge in [-0.15, -0.1) is 0 Å². The Labute approximate surface area is 142 Å². The summed E-state index contributed by atoms with van der Waals surface area (Å²) in [7, 11) is 0. The molecule has 0 aliphatic rings. The van der Waals surface area contributed by atoms with Gasteiger partial charge in [0.1, 0.15) is 10.8 Å². The Morgan fingerprint density at radius 2 is 2.13 bits per heavy atom. The summed E-state index contributed by atoms with van der Waals surface area (Å²) in [5.41, 5.74) is 1.60. The van der Waals surface area contributed by atoms with Crippen LogP contribution in [0.3, 0.4) is 0 Å². The molecule has 0 aliphatic carbocycles. The molecule has 2 aromatic heterocycles. The maximum atomic E-state index is 10.6. The Morgan fingerprint density at radius 3 is 2.78 bits per heavy atom. The van der Waals surface area contributed by atoms with Gasteiger partial charge in [0.15, 0.2) is 0 Å². The smallest absolute Gasteiger partial charge is 0.131 e. The van der Waals surface area contributed by atoms with Crippen LogP contribution >= 0.6 is 11.6 Å². The summed E-state index contributed by atoms with van der Waals surface area (Å²) in [5, 5.41) is 18.8. The fourth-order valence-corrected chi connectivity index (χ4v) is 2.59. The molecule has 2 rings (SSSR count). The lowest BCUT2D eigenvalue weighted by Gasteiger charge is -2.21. The molecule has 0 amide bonds. The largest absolute Gasteiger partial charge is 0.385 e. The Kier molecular flexibility index (Phi) is 5.65. The van der Waals surface area contributed by atoms with Gasteiger partial charge in [-0.25, -0.2) is 9.67 Å². The van der Waals surface area contributed by atoms with E-state index < -0.39 is 5.60 Å². The summed E-state index contributed by atoms with van der Waals surface area (Å²) in [6, 6.07) is 2.04. The van der Waals surface area contributed by atoms with Crippen molar-refractivity contribution in [3.63, 3.8) is 0 Å². The molecule has 0 spiro atoms. The molecule has 0 bridgehead atoms. The number of aromatic nitrogens is 3. The Balaban J connectivity index is 2.33. The summed E-state index contributed by atoms with van der Waals surface area (Å²) in [5.74, 6) is 0. The second-order valence-corrected chi connectivity index (χ2v) is 6.76. The van der Waals surface area contributed by atoms with E-state index in [1.165, 1.54) is 0 Å². The minimum absolute atomic E-state index is 0.259. The van der Waals surface area contributed by atoms with Crippen LogP contribution in [0.5, 0.6) is 0 Å². The van der Waals surface area contributed by atoms with Gasteiger partial charge in [-0.05, 0) is 27.2 Å². The summed E-state index contributed by atoms with van der Waals surface area (Å²) < 4.78 is 1.73. The van der Waals surface area contributed by atoms with E-state index in [2.05, 4.69) is 36.2 Å². The van der Waals surface area contributed by atoms with Gasteiger partial charge in [-0.2, -0.15) is 5.10 Å². The third-order valence-corrected chi connectivity index (χ3v) is 3.97. The monoisotopic (exact) mass is 336 g/mol. The number of hydrogen-bond acceptors (Lipinski definition) is 4. The Morgan fingerprint density at radius 1 is 1.39 bits per heavy atom. The first-order valence-corrected chi connectivity index (χ1v) is 8.41. The number of nitrogens with one attached hydrogen (secondary N) is 1. The zero-order valence-electron chi connectivity index (χ0n) is 14.2. The van der Waals surface area contributed by atoms with Crippen LogP contribution in [0, 0.1) is 0 Å². The van der Waals surface area contributed by atoms with Crippen molar-refractivity contribution in [2.24, 2.45) is 0 Å². The van der Waals surface area contributed by atoms with Crippen LogP contribution in [0.15, 0.2) is 24.7 Å². The molecule has 2 N–H and O–H groups in total. The molecular weight excluding hydrogens is 312 g/mol. The summed E-state index contributed by atoms with van der Waals surface area (Å²) >= 11 is 6.00. The Hall–Kier alpha value is -1.59. The highest BCUT2D eigenvalue weighted by Crippen LogP contribution is 2.29. The van der Waals surface area contributed by atoms with E-state index in [1.807, 2.05) is 13.1 Å². The first kappa shape index (κ1) is 17.8. The quantitative estimate of drug-likeness (QED) is 0.746. The number of anilines is 1. The molecule has 23 heavy (non-hydrogen) atoms. The predicted molar refractivity (Wildman–Crippen MR) is 94.2 cm³/mol. The van der Waals surface area contributed by atoms with E-state index in [0.29, 0.717) is 11.6 Å². The molecule has 126 valence electrons. The highest BCUT2D eigenvalue weighted by Gasteiger charge is 2.24. The van der Waals surface area contributed by atoms with Crippen LogP contribution < -0.4 is 5.32 Å². The second-order valence-electron chi connectivity index (χ2n) is 6.37. The van der Waals surface area contributed by atoms with Crippen molar-refractivity contribution in [2.75, 3.05) is 5.32 Å². The molecule has 1 atom stereocenters. The van der Waals surface area contributed by atoms with Gasteiger partial charge >= 0.3 is 0 Å². The van der Waals surface area contributed by atoms with E-state index in [9.17, 15) is 5.11 Å². The predicted octanol–water partition coefficient (Wildman–Crippen LogP) is 4.14. The van der Waals surface area contributed by atoms with E-state index in [0.717, 1.165) is 29.8 Å². The van der Waals surface area contributed by atoms with Crippen molar-refractivity contribution in [3.8, 4) is 5.69 Å². The molecular formula is C17H25ClN4O. The van der Waals surface area contributed by atoms with Crippen LogP contribution in [0.1, 0.15) is 52.5 Å². The van der Waals surface area contributed by atoms with E-state index >= 15 is 0 Å². The lowest BCUT2D eigenvalue weighted by Crippen LogP contribution is -2.20. The van der Waals surface area contributed by atoms with Gasteiger partial charge in [0, 0.05) is 23.9 Å². The zero-order valence-corrected chi connectivity index (χ0v) is 14.9. The lowest BCUT2D eigenvalue weighted by molar-refractivity contribution is 0.0453. The van der Waals surface area contributed by atoms with Gasteiger partial charge in [0.05, 0.1) is 23.7 Å². The highest BCUT2D eigenvalue weighted by atomic mass is 35.5. The fourth-order valence-electron chi connectivity index (χ4n) is 2.43. The second kappa shape index (κ2) is 7.32. The summed E-state index contributed by atoms with van der Waals surface area (Å²) in [4.78, 5) is 4.15. The molecule has 0 aliphatic heterocycles. The number of aliphatic hydroxyl groups is 1. The maximum absolute atomic E-state index is 10.6. The van der Waals surface area contributed by atoms with Gasteiger partial charge in [0.25, 0.3) is 0 Å². The lowest BCUT2D eigenvalue weighted by atomic mass is 9.93. The van der Waals surface area contributed by atoms with E-state index in [1.54, 1.807) is 23.1 Å². The molecule has 1 unspecified atom stereocenters. The molecule has 2 aromatic rings. The summed E-state index contributed by atoms with van der Waals surface area (Å²) in [6.07, 6.45) is 7.99. The first-order valence-electron chi connectivity index (χ1n) is 8.03. The highest BCUT2D eigenvalue weighted by molar-refractivity contribution is 6.29. The number of nitrogens with zero attached hydrogens (tertiary/aromatic N) is 3. The van der Waals surface area contributed by atoms with Crippen molar-refractivity contribution in [1.29, 1.82) is 0 Å². The molecule has 0 saturated heterocycles. The van der Waals surface area contributed by atoms with Crippen LogP contribution in [-0.4, -0.2) is 25.9 Å². The third kappa shape index (κ3) is 4.45. The number of pyridine rings is 1. The Bertz CT molecular complexity index is 652. The van der Waals surface area contributed by atoms with Gasteiger partial charge in [-0.1, -0.05) is 31.4 Å². The minimum atomic E-state index is -0.875. The number of hydrogen-bond donors (Lipinski definition) is 2. The van der Waals surface area contributed by atoms with Crippen LogP contribution in [-0.2, 0) is 5.60 Å². The average Bonchev–Trinajstić information content (AvgIpc) is 2.95. The molecule has 2 heterocycles. The molecule has 0 aromatic carbocycles. The zero-order chi connectivity index (χ0) is 17.0. The van der Waals surface area contributed by atoms with Crippen LogP contribution in [0.2, 0.25) is 5.15 Å². The normalized spacial score (nSPS) is 14.0. The van der Waals surface area contributed by atoms with Gasteiger partial charge in [-0.3, -0.25) is 0 Å². The molecule has 6 heteroatoms. The standard InChI is InChI=1S/C17H25ClN4O/c1-5-6-7-17(4,23)13-9-20-22(11-13)15-10-19-16(18)8-14(15)21-12(2)3/h8-12,23H,5-7H2,1-4H3,(H,19,21). The van der Waals surface area contributed by atoms with E-state index in [4.69, 9.17) is 11.6 Å². The third-order valence-electron chi connectivity index (χ3n) is 3.76. The van der Waals surface area contributed by atoms with Crippen molar-refractivity contribution >= 4 is 17.3 Å². The topological polar surface area (TPSA) is 63.0 Å².